The highest BCUT2D eigenvalue weighted by atomic mass is 19.4. The number of hydrogen-bond donors (Lipinski definition) is 2. The molecule has 0 aliphatic carbocycles. The topological polar surface area (TPSA) is 102 Å². The Kier molecular flexibility index (Phi) is 5.28. The summed E-state index contributed by atoms with van der Waals surface area (Å²) in [5.41, 5.74) is 6.90. The molecule has 158 valence electrons. The average Bonchev–Trinajstić information content (AvgIpc) is 3.17. The molecule has 7 nitrogen and oxygen atoms in total. The van der Waals surface area contributed by atoms with Crippen LogP contribution >= 0.6 is 0 Å². The molecule has 0 unspecified atom stereocenters. The molecule has 3 aromatic heterocycles. The number of nitrogens with two attached hydrogens (primary N) is 1. The van der Waals surface area contributed by atoms with Crippen molar-refractivity contribution in [2.45, 2.75) is 12.6 Å². The molecule has 4 aromatic rings. The van der Waals surface area contributed by atoms with Gasteiger partial charge < -0.3 is 15.9 Å². The molecule has 0 saturated heterocycles. The largest absolute Gasteiger partial charge is 0.493 e. The zero-order valence-electron chi connectivity index (χ0n) is 16.1. The third-order valence-corrected chi connectivity index (χ3v) is 4.56. The molecular weight excluding hydrogens is 409 g/mol. The average molecular weight is 426 g/mol. The summed E-state index contributed by atoms with van der Waals surface area (Å²) < 4.78 is 46.7. The second-order valence-electron chi connectivity index (χ2n) is 6.65. The Hall–Kier alpha value is -3.95. The summed E-state index contributed by atoms with van der Waals surface area (Å²) in [4.78, 5) is 7.99. The number of alkyl halides is 3. The van der Waals surface area contributed by atoms with E-state index in [1.807, 2.05) is 12.1 Å². The Balaban J connectivity index is 1.70. The van der Waals surface area contributed by atoms with E-state index in [1.54, 1.807) is 35.0 Å². The van der Waals surface area contributed by atoms with E-state index in [9.17, 15) is 13.2 Å². The number of fused-ring (bicyclic) bond motifs is 1. The monoisotopic (exact) mass is 426 g/mol. The Morgan fingerprint density at radius 2 is 1.81 bits per heavy atom. The van der Waals surface area contributed by atoms with Gasteiger partial charge in [-0.2, -0.15) is 18.3 Å². The van der Waals surface area contributed by atoms with Crippen LogP contribution in [0.4, 0.5) is 19.0 Å². The zero-order valence-corrected chi connectivity index (χ0v) is 16.1. The molecular formula is C21H17F3N6O. The number of pyridine rings is 1. The molecule has 0 atom stereocenters. The lowest BCUT2D eigenvalue weighted by atomic mass is 10.1. The highest BCUT2D eigenvalue weighted by molar-refractivity contribution is 5.67. The molecule has 0 bridgehead atoms. The van der Waals surface area contributed by atoms with Crippen molar-refractivity contribution in [1.29, 1.82) is 5.41 Å². The second kappa shape index (κ2) is 8.05. The van der Waals surface area contributed by atoms with Crippen LogP contribution in [0.3, 0.4) is 0 Å². The Bertz CT molecular complexity index is 1230. The van der Waals surface area contributed by atoms with Gasteiger partial charge in [-0.15, -0.1) is 0 Å². The number of nitrogens with one attached hydrogen (secondary N) is 1. The number of rotatable bonds is 6. The molecule has 0 saturated carbocycles. The first-order valence-electron chi connectivity index (χ1n) is 9.27. The van der Waals surface area contributed by atoms with Crippen molar-refractivity contribution < 1.29 is 17.9 Å². The summed E-state index contributed by atoms with van der Waals surface area (Å²) in [6, 6.07) is 11.5. The summed E-state index contributed by atoms with van der Waals surface area (Å²) in [6.45, 7) is 0.416. The minimum Gasteiger partial charge on any atom is -0.493 e. The van der Waals surface area contributed by atoms with Crippen molar-refractivity contribution in [3.63, 3.8) is 0 Å². The number of imidazole rings is 1. The number of hydrogen-bond acceptors (Lipinski definition) is 6. The van der Waals surface area contributed by atoms with Crippen molar-refractivity contribution in [2.24, 2.45) is 0 Å². The Labute approximate surface area is 174 Å². The van der Waals surface area contributed by atoms with Crippen LogP contribution in [0.15, 0.2) is 54.9 Å². The van der Waals surface area contributed by atoms with E-state index in [2.05, 4.69) is 15.1 Å². The van der Waals surface area contributed by atoms with E-state index < -0.39 is 17.6 Å². The van der Waals surface area contributed by atoms with E-state index in [-0.39, 0.29) is 5.56 Å². The van der Waals surface area contributed by atoms with Crippen LogP contribution in [0.5, 0.6) is 5.75 Å². The first kappa shape index (κ1) is 20.3. The molecule has 0 aliphatic heterocycles. The Morgan fingerprint density at radius 3 is 2.52 bits per heavy atom. The zero-order chi connectivity index (χ0) is 22.0. The van der Waals surface area contributed by atoms with Gasteiger partial charge in [-0.1, -0.05) is 0 Å². The van der Waals surface area contributed by atoms with Crippen LogP contribution in [-0.4, -0.2) is 32.4 Å². The molecule has 0 spiro atoms. The number of halogens is 3. The highest BCUT2D eigenvalue weighted by Gasteiger charge is 2.34. The van der Waals surface area contributed by atoms with Crippen molar-refractivity contribution in [3.8, 4) is 28.3 Å². The minimum atomic E-state index is -4.61. The molecule has 1 aromatic carbocycles. The molecule has 0 radical (unpaired) electrons. The van der Waals surface area contributed by atoms with Gasteiger partial charge in [0, 0.05) is 23.7 Å². The summed E-state index contributed by atoms with van der Waals surface area (Å²) in [5.74, 6) is 0.0873. The molecule has 3 N–H and O–H groups in total. The van der Waals surface area contributed by atoms with Crippen LogP contribution in [0.2, 0.25) is 0 Å². The number of aromatic nitrogens is 4. The maximum atomic E-state index is 13.2. The predicted octanol–water partition coefficient (Wildman–Crippen LogP) is 4.48. The van der Waals surface area contributed by atoms with Gasteiger partial charge in [-0.25, -0.2) is 14.5 Å². The smallest absolute Gasteiger partial charge is 0.419 e. The van der Waals surface area contributed by atoms with Gasteiger partial charge in [0.15, 0.2) is 5.65 Å². The molecule has 0 fully saturated rings. The molecule has 10 heteroatoms. The number of anilines is 1. The first-order chi connectivity index (χ1) is 14.9. The number of nitrogen functional groups attached to an aromatic ring is 1. The molecule has 0 amide bonds. The third kappa shape index (κ3) is 4.18. The molecule has 31 heavy (non-hydrogen) atoms. The van der Waals surface area contributed by atoms with Gasteiger partial charge in [-0.05, 0) is 48.7 Å². The fourth-order valence-electron chi connectivity index (χ4n) is 3.02. The van der Waals surface area contributed by atoms with Gasteiger partial charge in [0.2, 0.25) is 0 Å². The van der Waals surface area contributed by atoms with Crippen molar-refractivity contribution in [3.05, 3.63) is 60.4 Å². The van der Waals surface area contributed by atoms with Crippen LogP contribution in [0, 0.1) is 5.41 Å². The van der Waals surface area contributed by atoms with Gasteiger partial charge >= 0.3 is 6.18 Å². The van der Waals surface area contributed by atoms with E-state index >= 15 is 0 Å². The van der Waals surface area contributed by atoms with E-state index in [0.29, 0.717) is 35.8 Å². The Morgan fingerprint density at radius 1 is 1.03 bits per heavy atom. The third-order valence-electron chi connectivity index (χ3n) is 4.56. The lowest BCUT2D eigenvalue weighted by Crippen LogP contribution is -2.10. The molecule has 3 heterocycles. The van der Waals surface area contributed by atoms with Crippen molar-refractivity contribution in [2.75, 3.05) is 12.3 Å². The minimum absolute atomic E-state index is 0.193. The number of ether oxygens (including phenoxy) is 1. The standard InChI is InChI=1S/C21H17F3N6O/c22-21(23,24)16-10-14(11-28-20(16)26)17-6-7-19-27-12-18(30(19)29-17)13-2-4-15(5-3-13)31-9-1-8-25/h2-8,10-12,25H,1,9H2,(H2,26,28). The fourth-order valence-corrected chi connectivity index (χ4v) is 3.02. The van der Waals surface area contributed by atoms with Gasteiger partial charge in [0.05, 0.1) is 29.8 Å². The first-order valence-corrected chi connectivity index (χ1v) is 9.27. The lowest BCUT2D eigenvalue weighted by Gasteiger charge is -2.11. The quantitative estimate of drug-likeness (QED) is 0.350. The normalized spacial score (nSPS) is 11.6. The van der Waals surface area contributed by atoms with E-state index in [4.69, 9.17) is 15.9 Å². The summed E-state index contributed by atoms with van der Waals surface area (Å²) in [6.07, 6.45) is 0.0943. The second-order valence-corrected chi connectivity index (χ2v) is 6.65. The van der Waals surface area contributed by atoms with Crippen LogP contribution in [0.1, 0.15) is 12.0 Å². The number of nitrogens with zero attached hydrogens (tertiary/aromatic N) is 4. The lowest BCUT2D eigenvalue weighted by molar-refractivity contribution is -0.137. The summed E-state index contributed by atoms with van der Waals surface area (Å²) in [7, 11) is 0. The maximum Gasteiger partial charge on any atom is 0.419 e. The summed E-state index contributed by atoms with van der Waals surface area (Å²) >= 11 is 0. The van der Waals surface area contributed by atoms with Gasteiger partial charge in [-0.3, -0.25) is 0 Å². The predicted molar refractivity (Wildman–Crippen MR) is 110 cm³/mol. The fraction of sp³-hybridized carbons (Fsp3) is 0.143. The van der Waals surface area contributed by atoms with E-state index in [1.165, 1.54) is 12.4 Å². The summed E-state index contributed by atoms with van der Waals surface area (Å²) in [5, 5.41) is 11.5. The van der Waals surface area contributed by atoms with Crippen LogP contribution in [0.25, 0.3) is 28.2 Å². The SMILES string of the molecule is N=CCCOc1ccc(-c2cnc3ccc(-c4cnc(N)c(C(F)(F)F)c4)nn23)cc1. The highest BCUT2D eigenvalue weighted by Crippen LogP contribution is 2.35. The van der Waals surface area contributed by atoms with Crippen LogP contribution < -0.4 is 10.5 Å². The van der Waals surface area contributed by atoms with Crippen molar-refractivity contribution >= 4 is 17.7 Å². The number of benzene rings is 1. The van der Waals surface area contributed by atoms with Crippen molar-refractivity contribution in [1.82, 2.24) is 19.6 Å². The van der Waals surface area contributed by atoms with E-state index in [0.717, 1.165) is 11.6 Å². The van der Waals surface area contributed by atoms with Gasteiger partial charge in [0.25, 0.3) is 0 Å². The van der Waals surface area contributed by atoms with Gasteiger partial charge in [0.1, 0.15) is 11.6 Å². The maximum absolute atomic E-state index is 13.2. The molecule has 0 aliphatic rings. The molecule has 4 rings (SSSR count). The van der Waals surface area contributed by atoms with Crippen LogP contribution in [-0.2, 0) is 6.18 Å².